The van der Waals surface area contributed by atoms with Crippen LogP contribution in [-0.4, -0.2) is 14.7 Å². The molecule has 0 saturated heterocycles. The summed E-state index contributed by atoms with van der Waals surface area (Å²) < 4.78 is 1.63. The van der Waals surface area contributed by atoms with Crippen LogP contribution in [-0.2, 0) is 12.8 Å². The van der Waals surface area contributed by atoms with Gasteiger partial charge in [-0.1, -0.05) is 11.6 Å². The van der Waals surface area contributed by atoms with Crippen LogP contribution in [0.15, 0.2) is 18.2 Å². The van der Waals surface area contributed by atoms with Crippen LogP contribution < -0.4 is 5.73 Å². The molecule has 0 radical (unpaired) electrons. The highest BCUT2D eigenvalue weighted by atomic mass is 35.5. The fourth-order valence-electron chi connectivity index (χ4n) is 2.44. The van der Waals surface area contributed by atoms with Gasteiger partial charge in [0.2, 0.25) is 0 Å². The first-order valence-corrected chi connectivity index (χ1v) is 6.26. The molecule has 1 heterocycles. The second-order valence-electron chi connectivity index (χ2n) is 4.47. The van der Waals surface area contributed by atoms with Crippen LogP contribution in [0.25, 0.3) is 5.69 Å². The monoisotopic (exact) mass is 278 g/mol. The number of nitrogen functional groups attached to an aromatic ring is 1. The van der Waals surface area contributed by atoms with Gasteiger partial charge in [0.15, 0.2) is 0 Å². The number of non-ortho nitro benzene ring substituents is 1. The minimum absolute atomic E-state index is 0.0137. The zero-order valence-electron chi connectivity index (χ0n) is 9.97. The van der Waals surface area contributed by atoms with Gasteiger partial charge in [0.25, 0.3) is 5.69 Å². The van der Waals surface area contributed by atoms with Crippen LogP contribution in [0.1, 0.15) is 17.7 Å². The van der Waals surface area contributed by atoms with Gasteiger partial charge in [-0.15, -0.1) is 0 Å². The van der Waals surface area contributed by atoms with Gasteiger partial charge in [-0.3, -0.25) is 10.1 Å². The van der Waals surface area contributed by atoms with E-state index in [1.54, 1.807) is 4.68 Å². The number of nitro groups is 1. The molecule has 0 saturated carbocycles. The molecule has 0 amide bonds. The molecule has 3 rings (SSSR count). The van der Waals surface area contributed by atoms with Crippen LogP contribution in [0, 0.1) is 10.1 Å². The largest absolute Gasteiger partial charge is 0.382 e. The predicted octanol–water partition coefficient (Wildman–Crippen LogP) is 2.50. The third kappa shape index (κ3) is 1.84. The molecule has 1 aliphatic rings. The molecular weight excluding hydrogens is 268 g/mol. The third-order valence-electron chi connectivity index (χ3n) is 3.33. The Kier molecular flexibility index (Phi) is 2.67. The molecule has 0 bridgehead atoms. The molecule has 7 heteroatoms. The Morgan fingerprint density at radius 1 is 1.42 bits per heavy atom. The number of rotatable bonds is 2. The fraction of sp³-hybridized carbons (Fsp3) is 0.250. The highest BCUT2D eigenvalue weighted by Crippen LogP contribution is 2.32. The summed E-state index contributed by atoms with van der Waals surface area (Å²) in [5.74, 6) is 0.482. The summed E-state index contributed by atoms with van der Waals surface area (Å²) in [5, 5.41) is 15.5. The van der Waals surface area contributed by atoms with Crippen LogP contribution in [0.5, 0.6) is 0 Å². The van der Waals surface area contributed by atoms with E-state index in [1.165, 1.54) is 18.2 Å². The molecule has 19 heavy (non-hydrogen) atoms. The highest BCUT2D eigenvalue weighted by molar-refractivity contribution is 6.32. The van der Waals surface area contributed by atoms with Crippen LogP contribution in [0.4, 0.5) is 11.5 Å². The molecule has 1 aromatic carbocycles. The standard InChI is InChI=1S/C12H11ClN4O2/c13-9-5-4-7(17(18)19)6-11(9)16-10-3-1-2-8(10)12(14)15-16/h4-6H,1-3H2,(H2,14,15). The van der Waals surface area contributed by atoms with Crippen molar-refractivity contribution in [3.63, 3.8) is 0 Å². The van der Waals surface area contributed by atoms with Crippen molar-refractivity contribution in [3.8, 4) is 5.69 Å². The number of nitrogens with two attached hydrogens (primary N) is 1. The summed E-state index contributed by atoms with van der Waals surface area (Å²) in [4.78, 5) is 10.4. The van der Waals surface area contributed by atoms with Crippen molar-refractivity contribution in [1.82, 2.24) is 9.78 Å². The molecule has 0 unspecified atom stereocenters. The first kappa shape index (κ1) is 12.0. The van der Waals surface area contributed by atoms with E-state index in [2.05, 4.69) is 5.10 Å². The number of aromatic nitrogens is 2. The molecule has 2 N–H and O–H groups in total. The van der Waals surface area contributed by atoms with Crippen LogP contribution in [0.3, 0.4) is 0 Å². The number of benzene rings is 1. The van der Waals surface area contributed by atoms with E-state index in [9.17, 15) is 10.1 Å². The molecule has 0 aliphatic heterocycles. The smallest absolute Gasteiger partial charge is 0.271 e. The molecule has 1 aromatic heterocycles. The Morgan fingerprint density at radius 3 is 2.95 bits per heavy atom. The molecule has 6 nitrogen and oxygen atoms in total. The lowest BCUT2D eigenvalue weighted by molar-refractivity contribution is -0.384. The zero-order chi connectivity index (χ0) is 13.6. The van der Waals surface area contributed by atoms with Gasteiger partial charge in [0, 0.05) is 23.4 Å². The number of hydrogen-bond donors (Lipinski definition) is 1. The van der Waals surface area contributed by atoms with Crippen molar-refractivity contribution in [2.75, 3.05) is 5.73 Å². The molecule has 0 fully saturated rings. The minimum atomic E-state index is -0.451. The Morgan fingerprint density at radius 2 is 2.21 bits per heavy atom. The first-order valence-electron chi connectivity index (χ1n) is 5.88. The summed E-state index contributed by atoms with van der Waals surface area (Å²) >= 11 is 6.12. The van der Waals surface area contributed by atoms with Crippen molar-refractivity contribution in [1.29, 1.82) is 0 Å². The van der Waals surface area contributed by atoms with Gasteiger partial charge in [-0.25, -0.2) is 4.68 Å². The second-order valence-corrected chi connectivity index (χ2v) is 4.88. The van der Waals surface area contributed by atoms with E-state index < -0.39 is 4.92 Å². The summed E-state index contributed by atoms with van der Waals surface area (Å²) in [6.45, 7) is 0. The van der Waals surface area contributed by atoms with E-state index in [0.29, 0.717) is 16.5 Å². The number of anilines is 1. The van der Waals surface area contributed by atoms with Crippen molar-refractivity contribution >= 4 is 23.1 Å². The van der Waals surface area contributed by atoms with Gasteiger partial charge in [0.1, 0.15) is 5.82 Å². The maximum Gasteiger partial charge on any atom is 0.271 e. The van der Waals surface area contributed by atoms with Crippen LogP contribution >= 0.6 is 11.6 Å². The Bertz CT molecular complexity index is 681. The Balaban J connectivity index is 2.19. The maximum absolute atomic E-state index is 10.8. The second kappa shape index (κ2) is 4.24. The Hall–Kier alpha value is -2.08. The third-order valence-corrected chi connectivity index (χ3v) is 3.65. The van der Waals surface area contributed by atoms with Gasteiger partial charge in [-0.05, 0) is 25.3 Å². The van der Waals surface area contributed by atoms with Crippen LogP contribution in [0.2, 0.25) is 5.02 Å². The van der Waals surface area contributed by atoms with Gasteiger partial charge in [-0.2, -0.15) is 5.10 Å². The van der Waals surface area contributed by atoms with Crippen molar-refractivity contribution in [2.45, 2.75) is 19.3 Å². The molecule has 1 aliphatic carbocycles. The van der Waals surface area contributed by atoms with E-state index in [-0.39, 0.29) is 5.69 Å². The summed E-state index contributed by atoms with van der Waals surface area (Å²) in [5.41, 5.74) is 8.39. The number of hydrogen-bond acceptors (Lipinski definition) is 4. The lowest BCUT2D eigenvalue weighted by atomic mass is 10.2. The highest BCUT2D eigenvalue weighted by Gasteiger charge is 2.23. The quantitative estimate of drug-likeness (QED) is 0.675. The summed E-state index contributed by atoms with van der Waals surface area (Å²) in [6.07, 6.45) is 2.77. The topological polar surface area (TPSA) is 87.0 Å². The first-order chi connectivity index (χ1) is 9.08. The molecule has 0 atom stereocenters. The fourth-order valence-corrected chi connectivity index (χ4v) is 2.64. The molecule has 98 valence electrons. The number of nitrogens with zero attached hydrogens (tertiary/aromatic N) is 3. The normalized spacial score (nSPS) is 13.5. The zero-order valence-corrected chi connectivity index (χ0v) is 10.7. The minimum Gasteiger partial charge on any atom is -0.382 e. The van der Waals surface area contributed by atoms with Crippen molar-refractivity contribution in [3.05, 3.63) is 44.6 Å². The lowest BCUT2D eigenvalue weighted by Gasteiger charge is -2.07. The van der Waals surface area contributed by atoms with Gasteiger partial charge in [0.05, 0.1) is 15.6 Å². The molecule has 2 aromatic rings. The summed E-state index contributed by atoms with van der Waals surface area (Å²) in [7, 11) is 0. The number of nitro benzene ring substituents is 1. The average Bonchev–Trinajstić information content (AvgIpc) is 2.94. The number of halogens is 1. The summed E-state index contributed by atoms with van der Waals surface area (Å²) in [6, 6.07) is 4.31. The van der Waals surface area contributed by atoms with E-state index in [0.717, 1.165) is 30.5 Å². The molecular formula is C12H11ClN4O2. The van der Waals surface area contributed by atoms with Crippen molar-refractivity contribution < 1.29 is 4.92 Å². The lowest BCUT2D eigenvalue weighted by Crippen LogP contribution is -2.03. The SMILES string of the molecule is Nc1nn(-c2cc([N+](=O)[O-])ccc2Cl)c2c1CCC2. The van der Waals surface area contributed by atoms with E-state index >= 15 is 0 Å². The van der Waals surface area contributed by atoms with E-state index in [4.69, 9.17) is 17.3 Å². The van der Waals surface area contributed by atoms with Gasteiger partial charge < -0.3 is 5.73 Å². The predicted molar refractivity (Wildman–Crippen MR) is 71.7 cm³/mol. The number of fused-ring (bicyclic) bond motifs is 1. The maximum atomic E-state index is 10.8. The van der Waals surface area contributed by atoms with Crippen molar-refractivity contribution in [2.24, 2.45) is 0 Å². The van der Waals surface area contributed by atoms with E-state index in [1.807, 2.05) is 0 Å². The molecule has 0 spiro atoms. The average molecular weight is 279 g/mol. The Labute approximate surface area is 113 Å². The van der Waals surface area contributed by atoms with Gasteiger partial charge >= 0.3 is 0 Å².